The van der Waals surface area contributed by atoms with Crippen LogP contribution in [0.4, 0.5) is 25.8 Å². The number of benzene rings is 2. The van der Waals surface area contributed by atoms with Crippen LogP contribution in [-0.4, -0.2) is 10.8 Å². The van der Waals surface area contributed by atoms with Gasteiger partial charge in [-0.05, 0) is 18.2 Å². The molecule has 0 aliphatic heterocycles. The molecule has 6 nitrogen and oxygen atoms in total. The maximum Gasteiger partial charge on any atom is 0.304 e. The minimum absolute atomic E-state index is 0.00763. The number of hydrogen-bond donors (Lipinski definition) is 2. The number of nitrogens with two attached hydrogens (primary N) is 1. The van der Waals surface area contributed by atoms with Gasteiger partial charge in [-0.1, -0.05) is 6.07 Å². The molecule has 0 aliphatic rings. The quantitative estimate of drug-likeness (QED) is 0.516. The molecule has 0 saturated carbocycles. The third-order valence-corrected chi connectivity index (χ3v) is 2.70. The molecule has 0 aromatic heterocycles. The summed E-state index contributed by atoms with van der Waals surface area (Å²) >= 11 is 0. The molecule has 0 atom stereocenters. The average Bonchev–Trinajstić information content (AvgIpc) is 2.41. The standard InChI is InChI=1S/C13H9F2N3O3/c14-9-3-1-2-8(12(9)16)13(19)17-7-4-5-11(18(20)21)10(15)6-7/h1-6H,16H2,(H,17,19). The second-order valence-corrected chi connectivity index (χ2v) is 4.08. The number of carbonyl (C=O) groups excluding carboxylic acids is 1. The van der Waals surface area contributed by atoms with E-state index in [2.05, 4.69) is 5.32 Å². The molecule has 21 heavy (non-hydrogen) atoms. The first-order chi connectivity index (χ1) is 9.90. The van der Waals surface area contributed by atoms with E-state index in [1.54, 1.807) is 0 Å². The first-order valence-electron chi connectivity index (χ1n) is 5.69. The molecule has 0 aliphatic carbocycles. The number of hydrogen-bond acceptors (Lipinski definition) is 4. The third kappa shape index (κ3) is 2.94. The Balaban J connectivity index is 2.26. The molecule has 0 bridgehead atoms. The molecule has 2 aromatic rings. The number of nitrogen functional groups attached to an aromatic ring is 1. The average molecular weight is 293 g/mol. The maximum absolute atomic E-state index is 13.4. The summed E-state index contributed by atoms with van der Waals surface area (Å²) in [6, 6.07) is 6.57. The lowest BCUT2D eigenvalue weighted by molar-refractivity contribution is -0.387. The number of nitro groups is 1. The van der Waals surface area contributed by atoms with E-state index in [0.29, 0.717) is 0 Å². The summed E-state index contributed by atoms with van der Waals surface area (Å²) in [5.41, 5.74) is 4.26. The van der Waals surface area contributed by atoms with Crippen LogP contribution >= 0.6 is 0 Å². The van der Waals surface area contributed by atoms with Crippen LogP contribution in [0, 0.1) is 21.7 Å². The zero-order valence-electron chi connectivity index (χ0n) is 10.5. The van der Waals surface area contributed by atoms with Crippen LogP contribution in [0.5, 0.6) is 0 Å². The fraction of sp³-hybridized carbons (Fsp3) is 0. The summed E-state index contributed by atoms with van der Waals surface area (Å²) in [7, 11) is 0. The number of halogens is 2. The van der Waals surface area contributed by atoms with Crippen molar-refractivity contribution in [2.45, 2.75) is 0 Å². The minimum atomic E-state index is -1.09. The Hall–Kier alpha value is -3.03. The Morgan fingerprint density at radius 3 is 2.52 bits per heavy atom. The van der Waals surface area contributed by atoms with Crippen LogP contribution in [0.25, 0.3) is 0 Å². The number of nitrogens with one attached hydrogen (secondary N) is 1. The van der Waals surface area contributed by atoms with E-state index in [1.165, 1.54) is 12.1 Å². The van der Waals surface area contributed by atoms with Gasteiger partial charge >= 0.3 is 5.69 Å². The topological polar surface area (TPSA) is 98.3 Å². The predicted octanol–water partition coefficient (Wildman–Crippen LogP) is 2.71. The highest BCUT2D eigenvalue weighted by Crippen LogP contribution is 2.22. The molecule has 108 valence electrons. The van der Waals surface area contributed by atoms with Gasteiger partial charge in [0.15, 0.2) is 0 Å². The lowest BCUT2D eigenvalue weighted by Gasteiger charge is -2.08. The Labute approximate surface area is 117 Å². The molecule has 0 fully saturated rings. The molecular weight excluding hydrogens is 284 g/mol. The van der Waals surface area contributed by atoms with Gasteiger partial charge in [0.05, 0.1) is 16.2 Å². The van der Waals surface area contributed by atoms with Crippen molar-refractivity contribution in [1.29, 1.82) is 0 Å². The largest absolute Gasteiger partial charge is 0.396 e. The fourth-order valence-electron chi connectivity index (χ4n) is 1.67. The monoisotopic (exact) mass is 293 g/mol. The van der Waals surface area contributed by atoms with Gasteiger partial charge in [0, 0.05) is 17.8 Å². The zero-order chi connectivity index (χ0) is 15.6. The SMILES string of the molecule is Nc1c(F)cccc1C(=O)Nc1ccc([N+](=O)[O-])c(F)c1. The van der Waals surface area contributed by atoms with Gasteiger partial charge < -0.3 is 11.1 Å². The highest BCUT2D eigenvalue weighted by Gasteiger charge is 2.16. The van der Waals surface area contributed by atoms with Crippen molar-refractivity contribution in [3.8, 4) is 0 Å². The fourth-order valence-corrected chi connectivity index (χ4v) is 1.67. The van der Waals surface area contributed by atoms with Crippen LogP contribution < -0.4 is 11.1 Å². The lowest BCUT2D eigenvalue weighted by atomic mass is 10.1. The summed E-state index contributed by atoms with van der Waals surface area (Å²) in [4.78, 5) is 21.5. The number of nitro benzene ring substituents is 1. The highest BCUT2D eigenvalue weighted by atomic mass is 19.1. The number of rotatable bonds is 3. The van der Waals surface area contributed by atoms with Gasteiger partial charge in [-0.25, -0.2) is 4.39 Å². The van der Waals surface area contributed by atoms with Gasteiger partial charge in [-0.3, -0.25) is 14.9 Å². The van der Waals surface area contributed by atoms with E-state index in [4.69, 9.17) is 5.73 Å². The van der Waals surface area contributed by atoms with Crippen LogP contribution in [-0.2, 0) is 0 Å². The predicted molar refractivity (Wildman–Crippen MR) is 71.8 cm³/mol. The first-order valence-corrected chi connectivity index (χ1v) is 5.69. The minimum Gasteiger partial charge on any atom is -0.396 e. The van der Waals surface area contributed by atoms with Crippen molar-refractivity contribution in [2.75, 3.05) is 11.1 Å². The number of anilines is 2. The molecule has 3 N–H and O–H groups in total. The van der Waals surface area contributed by atoms with Gasteiger partial charge in [0.1, 0.15) is 5.82 Å². The van der Waals surface area contributed by atoms with Gasteiger partial charge in [0.25, 0.3) is 5.91 Å². The van der Waals surface area contributed by atoms with Crippen LogP contribution in [0.1, 0.15) is 10.4 Å². The van der Waals surface area contributed by atoms with Crippen molar-refractivity contribution >= 4 is 23.0 Å². The molecular formula is C13H9F2N3O3. The zero-order valence-corrected chi connectivity index (χ0v) is 10.5. The van der Waals surface area contributed by atoms with E-state index < -0.39 is 28.2 Å². The van der Waals surface area contributed by atoms with Crippen molar-refractivity contribution in [3.05, 3.63) is 63.7 Å². The van der Waals surface area contributed by atoms with Gasteiger partial charge in [-0.15, -0.1) is 0 Å². The van der Waals surface area contributed by atoms with Crippen molar-refractivity contribution in [1.82, 2.24) is 0 Å². The Bertz CT molecular complexity index is 735. The highest BCUT2D eigenvalue weighted by molar-refractivity contribution is 6.07. The number of para-hydroxylation sites is 1. The molecule has 2 rings (SSSR count). The van der Waals surface area contributed by atoms with Gasteiger partial charge in [0.2, 0.25) is 5.82 Å². The normalized spacial score (nSPS) is 10.2. The summed E-state index contributed by atoms with van der Waals surface area (Å²) in [5, 5.41) is 12.8. The van der Waals surface area contributed by atoms with Crippen molar-refractivity contribution < 1.29 is 18.5 Å². The molecule has 2 aromatic carbocycles. The first kappa shape index (κ1) is 14.4. The molecule has 0 heterocycles. The molecule has 0 saturated heterocycles. The van der Waals surface area contributed by atoms with E-state index in [0.717, 1.165) is 24.3 Å². The summed E-state index contributed by atoms with van der Waals surface area (Å²) in [6.07, 6.45) is 0. The summed E-state index contributed by atoms with van der Waals surface area (Å²) < 4.78 is 26.7. The number of carbonyl (C=O) groups is 1. The summed E-state index contributed by atoms with van der Waals surface area (Å²) in [5.74, 6) is -2.59. The second kappa shape index (κ2) is 5.53. The van der Waals surface area contributed by atoms with Crippen molar-refractivity contribution in [2.24, 2.45) is 0 Å². The third-order valence-electron chi connectivity index (χ3n) is 2.70. The summed E-state index contributed by atoms with van der Waals surface area (Å²) in [6.45, 7) is 0. The molecule has 0 radical (unpaired) electrons. The Morgan fingerprint density at radius 2 is 1.90 bits per heavy atom. The Kier molecular flexibility index (Phi) is 3.79. The smallest absolute Gasteiger partial charge is 0.304 e. The van der Waals surface area contributed by atoms with E-state index in [-0.39, 0.29) is 16.9 Å². The maximum atomic E-state index is 13.4. The number of amides is 1. The van der Waals surface area contributed by atoms with Crippen LogP contribution in [0.2, 0.25) is 0 Å². The lowest BCUT2D eigenvalue weighted by Crippen LogP contribution is -2.15. The molecule has 0 spiro atoms. The molecule has 0 unspecified atom stereocenters. The molecule has 1 amide bonds. The number of nitrogens with zero attached hydrogens (tertiary/aromatic N) is 1. The Morgan fingerprint density at radius 1 is 1.19 bits per heavy atom. The van der Waals surface area contributed by atoms with E-state index in [9.17, 15) is 23.7 Å². The van der Waals surface area contributed by atoms with E-state index >= 15 is 0 Å². The van der Waals surface area contributed by atoms with E-state index in [1.807, 2.05) is 0 Å². The van der Waals surface area contributed by atoms with Crippen LogP contribution in [0.15, 0.2) is 36.4 Å². The van der Waals surface area contributed by atoms with Crippen LogP contribution in [0.3, 0.4) is 0 Å². The second-order valence-electron chi connectivity index (χ2n) is 4.08. The van der Waals surface area contributed by atoms with Crippen molar-refractivity contribution in [3.63, 3.8) is 0 Å². The van der Waals surface area contributed by atoms with Gasteiger partial charge in [-0.2, -0.15) is 4.39 Å². The molecule has 8 heteroatoms.